The van der Waals surface area contributed by atoms with E-state index in [1.807, 2.05) is 13.8 Å². The molecule has 126 valence electrons. The Kier molecular flexibility index (Phi) is 6.26. The van der Waals surface area contributed by atoms with Crippen molar-refractivity contribution in [1.82, 2.24) is 10.6 Å². The Morgan fingerprint density at radius 2 is 1.32 bits per heavy atom. The van der Waals surface area contributed by atoms with Gasteiger partial charge in [-0.15, -0.1) is 0 Å². The topological polar surface area (TPSA) is 95.1 Å². The van der Waals surface area contributed by atoms with E-state index >= 15 is 0 Å². The molecule has 0 saturated carbocycles. The second kappa shape index (κ2) is 8.19. The van der Waals surface area contributed by atoms with Crippen LogP contribution < -0.4 is 10.6 Å². The lowest BCUT2D eigenvalue weighted by molar-refractivity contribution is -0.0118. The van der Waals surface area contributed by atoms with Gasteiger partial charge in [-0.3, -0.25) is 0 Å². The third-order valence-corrected chi connectivity index (χ3v) is 3.52. The van der Waals surface area contributed by atoms with Gasteiger partial charge in [0.1, 0.15) is 12.2 Å². The lowest BCUT2D eigenvalue weighted by atomic mass is 10.1. The fourth-order valence-corrected chi connectivity index (χ4v) is 2.44. The first kappa shape index (κ1) is 16.8. The third-order valence-electron chi connectivity index (χ3n) is 3.52. The average Bonchev–Trinajstić information content (AvgIpc) is 3.07. The highest BCUT2D eigenvalue weighted by Gasteiger charge is 2.51. The quantitative estimate of drug-likeness (QED) is 0.752. The normalized spacial score (nSPS) is 29.7. The highest BCUT2D eigenvalue weighted by molar-refractivity contribution is 5.68. The van der Waals surface area contributed by atoms with Crippen LogP contribution in [0.1, 0.15) is 26.7 Å². The summed E-state index contributed by atoms with van der Waals surface area (Å²) in [6.45, 7) is 5.52. The first-order valence-corrected chi connectivity index (χ1v) is 7.77. The molecule has 2 N–H and O–H groups in total. The van der Waals surface area contributed by atoms with Gasteiger partial charge < -0.3 is 29.6 Å². The zero-order valence-corrected chi connectivity index (χ0v) is 13.0. The molecule has 8 nitrogen and oxygen atoms in total. The van der Waals surface area contributed by atoms with Gasteiger partial charge >= 0.3 is 12.2 Å². The van der Waals surface area contributed by atoms with E-state index in [9.17, 15) is 9.59 Å². The molecule has 4 atom stereocenters. The van der Waals surface area contributed by atoms with Crippen LogP contribution in [0.5, 0.6) is 0 Å². The van der Waals surface area contributed by atoms with E-state index < -0.39 is 36.6 Å². The summed E-state index contributed by atoms with van der Waals surface area (Å²) in [6.07, 6.45) is -1.03. The van der Waals surface area contributed by atoms with Crippen LogP contribution in [0.2, 0.25) is 0 Å². The van der Waals surface area contributed by atoms with E-state index in [0.717, 1.165) is 12.8 Å². The molecular formula is C14H24N2O6. The van der Waals surface area contributed by atoms with Crippen molar-refractivity contribution in [1.29, 1.82) is 0 Å². The number of fused-ring (bicyclic) bond motifs is 1. The Hall–Kier alpha value is -1.54. The molecule has 22 heavy (non-hydrogen) atoms. The minimum atomic E-state index is -0.482. The Balaban J connectivity index is 1.78. The summed E-state index contributed by atoms with van der Waals surface area (Å²) in [5.41, 5.74) is 0. The first-order valence-electron chi connectivity index (χ1n) is 7.77. The van der Waals surface area contributed by atoms with Crippen molar-refractivity contribution < 1.29 is 28.5 Å². The highest BCUT2D eigenvalue weighted by Crippen LogP contribution is 2.30. The summed E-state index contributed by atoms with van der Waals surface area (Å²) >= 11 is 0. The Bertz CT molecular complexity index is 356. The van der Waals surface area contributed by atoms with Gasteiger partial charge in [0.25, 0.3) is 0 Å². The summed E-state index contributed by atoms with van der Waals surface area (Å²) in [5.74, 6) is 0. The van der Waals surface area contributed by atoms with Crippen LogP contribution in [0.3, 0.4) is 0 Å². The molecule has 8 heteroatoms. The Morgan fingerprint density at radius 1 is 0.909 bits per heavy atom. The summed E-state index contributed by atoms with van der Waals surface area (Å²) in [5, 5.41) is 5.28. The predicted octanol–water partition coefficient (Wildman–Crippen LogP) is 0.794. The number of ether oxygens (including phenoxy) is 4. The maximum absolute atomic E-state index is 11.6. The minimum absolute atomic E-state index is 0.241. The van der Waals surface area contributed by atoms with Crippen LogP contribution in [-0.2, 0) is 18.9 Å². The maximum atomic E-state index is 11.6. The van der Waals surface area contributed by atoms with Crippen molar-refractivity contribution in [2.24, 2.45) is 0 Å². The van der Waals surface area contributed by atoms with Gasteiger partial charge in [0.2, 0.25) is 0 Å². The molecule has 2 aliphatic rings. The van der Waals surface area contributed by atoms with Crippen LogP contribution in [0.15, 0.2) is 0 Å². The zero-order chi connectivity index (χ0) is 15.9. The summed E-state index contributed by atoms with van der Waals surface area (Å²) < 4.78 is 21.7. The summed E-state index contributed by atoms with van der Waals surface area (Å²) in [7, 11) is 0. The Labute approximate surface area is 129 Å². The van der Waals surface area contributed by atoms with E-state index in [4.69, 9.17) is 18.9 Å². The van der Waals surface area contributed by atoms with Gasteiger partial charge in [-0.2, -0.15) is 0 Å². The molecule has 2 heterocycles. The zero-order valence-electron chi connectivity index (χ0n) is 13.0. The van der Waals surface area contributed by atoms with Crippen LogP contribution in [-0.4, -0.2) is 62.9 Å². The highest BCUT2D eigenvalue weighted by atomic mass is 16.7. The van der Waals surface area contributed by atoms with Crippen molar-refractivity contribution in [3.05, 3.63) is 0 Å². The van der Waals surface area contributed by atoms with Gasteiger partial charge in [0.15, 0.2) is 12.2 Å². The molecular weight excluding hydrogens is 292 g/mol. The number of rotatable bonds is 6. The molecule has 2 amide bonds. The van der Waals surface area contributed by atoms with Gasteiger partial charge in [-0.1, -0.05) is 13.8 Å². The molecule has 0 bridgehead atoms. The van der Waals surface area contributed by atoms with E-state index in [2.05, 4.69) is 10.6 Å². The number of carbonyl (C=O) groups excluding carboxylic acids is 2. The van der Waals surface area contributed by atoms with Crippen molar-refractivity contribution >= 4 is 12.2 Å². The van der Waals surface area contributed by atoms with Crippen molar-refractivity contribution in [3.63, 3.8) is 0 Å². The molecule has 0 aliphatic carbocycles. The van der Waals surface area contributed by atoms with Crippen LogP contribution in [0.4, 0.5) is 9.59 Å². The van der Waals surface area contributed by atoms with E-state index in [1.54, 1.807) is 0 Å². The average molecular weight is 316 g/mol. The molecule has 2 rings (SSSR count). The maximum Gasteiger partial charge on any atom is 0.407 e. The van der Waals surface area contributed by atoms with Gasteiger partial charge in [-0.05, 0) is 12.8 Å². The van der Waals surface area contributed by atoms with Crippen molar-refractivity contribution in [3.8, 4) is 0 Å². The summed E-state index contributed by atoms with van der Waals surface area (Å²) in [6, 6.07) is 0. The fourth-order valence-electron chi connectivity index (χ4n) is 2.44. The summed E-state index contributed by atoms with van der Waals surface area (Å²) in [4.78, 5) is 23.2. The smallest absolute Gasteiger partial charge is 0.407 e. The van der Waals surface area contributed by atoms with Gasteiger partial charge in [0.05, 0.1) is 13.2 Å². The second-order valence-corrected chi connectivity index (χ2v) is 5.34. The first-order chi connectivity index (χ1) is 10.7. The molecule has 2 saturated heterocycles. The van der Waals surface area contributed by atoms with Crippen molar-refractivity contribution in [2.75, 3.05) is 26.3 Å². The largest absolute Gasteiger partial charge is 0.441 e. The van der Waals surface area contributed by atoms with Gasteiger partial charge in [0, 0.05) is 13.1 Å². The molecule has 0 aromatic carbocycles. The number of hydrogen-bond donors (Lipinski definition) is 2. The van der Waals surface area contributed by atoms with E-state index in [-0.39, 0.29) is 13.2 Å². The number of alkyl carbamates (subject to hydrolysis) is 2. The molecule has 0 aromatic heterocycles. The Morgan fingerprint density at radius 3 is 1.68 bits per heavy atom. The third kappa shape index (κ3) is 4.23. The van der Waals surface area contributed by atoms with Crippen LogP contribution >= 0.6 is 0 Å². The number of nitrogens with one attached hydrogen (secondary N) is 2. The number of carbonyl (C=O) groups is 2. The molecule has 2 fully saturated rings. The standard InChI is InChI=1S/C14H24N2O6/c1-3-5-15-13(17)21-9-7-19-12-10(8-20-11(9)12)22-14(18)16-6-4-2/h9-12H,3-8H2,1-2H3,(H,15,17)(H,16,18)/t9-,10+,11-,12-/m1/s1. The monoisotopic (exact) mass is 316 g/mol. The van der Waals surface area contributed by atoms with Gasteiger partial charge in [-0.25, -0.2) is 9.59 Å². The lowest BCUT2D eigenvalue weighted by Crippen LogP contribution is -2.39. The molecule has 0 spiro atoms. The minimum Gasteiger partial charge on any atom is -0.441 e. The second-order valence-electron chi connectivity index (χ2n) is 5.34. The molecule has 0 aromatic rings. The van der Waals surface area contributed by atoms with E-state index in [1.165, 1.54) is 0 Å². The lowest BCUT2D eigenvalue weighted by Gasteiger charge is -2.17. The predicted molar refractivity (Wildman–Crippen MR) is 76.6 cm³/mol. The molecule has 0 unspecified atom stereocenters. The van der Waals surface area contributed by atoms with Crippen molar-refractivity contribution in [2.45, 2.75) is 51.1 Å². The fraction of sp³-hybridized carbons (Fsp3) is 0.857. The number of amides is 2. The van der Waals surface area contributed by atoms with E-state index in [0.29, 0.717) is 13.1 Å². The number of hydrogen-bond acceptors (Lipinski definition) is 6. The molecule has 2 aliphatic heterocycles. The SMILES string of the molecule is CCCNC(=O)O[C@H]1CO[C@H]2[C@@H]1OC[C@H]2OC(=O)NCCC. The van der Waals surface area contributed by atoms with Crippen LogP contribution in [0.25, 0.3) is 0 Å². The van der Waals surface area contributed by atoms with Crippen LogP contribution in [0, 0.1) is 0 Å². The molecule has 0 radical (unpaired) electrons.